The molecule has 0 unspecified atom stereocenters. The molecule has 8 nitrogen and oxygen atoms in total. The number of ether oxygens (including phenoxy) is 1. The number of amides is 2. The Morgan fingerprint density at radius 3 is 2.73 bits per heavy atom. The highest BCUT2D eigenvalue weighted by molar-refractivity contribution is 5.95. The predicted molar refractivity (Wildman–Crippen MR) is 110 cm³/mol. The highest BCUT2D eigenvalue weighted by Gasteiger charge is 2.30. The van der Waals surface area contributed by atoms with Gasteiger partial charge in [0.2, 0.25) is 5.91 Å². The van der Waals surface area contributed by atoms with Crippen LogP contribution in [0.1, 0.15) is 42.1 Å². The number of hydrogen-bond acceptors (Lipinski definition) is 5. The van der Waals surface area contributed by atoms with Crippen molar-refractivity contribution in [3.8, 4) is 0 Å². The molecule has 30 heavy (non-hydrogen) atoms. The van der Waals surface area contributed by atoms with Crippen molar-refractivity contribution >= 4 is 23.6 Å². The Bertz CT molecular complexity index is 937. The van der Waals surface area contributed by atoms with Crippen molar-refractivity contribution in [1.82, 2.24) is 14.7 Å². The summed E-state index contributed by atoms with van der Waals surface area (Å²) >= 11 is 0. The molecule has 0 saturated carbocycles. The number of piperidine rings is 1. The number of carbonyl (C=O) groups excluding carboxylic acids is 3. The molecular formula is C22H26N4O4. The molecule has 2 aliphatic rings. The van der Waals surface area contributed by atoms with Gasteiger partial charge >= 0.3 is 5.97 Å². The summed E-state index contributed by atoms with van der Waals surface area (Å²) in [6.07, 6.45) is 3.67. The van der Waals surface area contributed by atoms with Gasteiger partial charge in [0.05, 0.1) is 31.8 Å². The van der Waals surface area contributed by atoms with E-state index in [0.29, 0.717) is 44.8 Å². The van der Waals surface area contributed by atoms with Crippen molar-refractivity contribution in [2.45, 2.75) is 39.3 Å². The molecule has 0 N–H and O–H groups in total. The minimum Gasteiger partial charge on any atom is -0.466 e. The van der Waals surface area contributed by atoms with Gasteiger partial charge < -0.3 is 9.64 Å². The quantitative estimate of drug-likeness (QED) is 0.706. The standard InChI is InChI=1S/C22H26N4O4/c1-2-30-22(29)18-4-3-12-24(15-18)21(28)17-7-5-16(6-8-17)14-25-19-9-11-23-26(19)13-10-20(25)27/h5-9,11,18H,2-4,10,12-15H2,1H3/t18-/m1/s1. The number of carbonyl (C=O) groups is 3. The average molecular weight is 410 g/mol. The van der Waals surface area contributed by atoms with Crippen LogP contribution < -0.4 is 4.90 Å². The number of likely N-dealkylation sites (tertiary alicyclic amines) is 1. The van der Waals surface area contributed by atoms with Gasteiger partial charge in [0.25, 0.3) is 5.91 Å². The van der Waals surface area contributed by atoms with Crippen LogP contribution in [0.4, 0.5) is 5.82 Å². The third kappa shape index (κ3) is 4.08. The van der Waals surface area contributed by atoms with Gasteiger partial charge in [0.15, 0.2) is 0 Å². The van der Waals surface area contributed by atoms with Crippen molar-refractivity contribution in [2.75, 3.05) is 24.6 Å². The van der Waals surface area contributed by atoms with E-state index in [1.165, 1.54) is 0 Å². The second-order valence-corrected chi connectivity index (χ2v) is 7.68. The van der Waals surface area contributed by atoms with Crippen LogP contribution in [0.5, 0.6) is 0 Å². The molecule has 158 valence electrons. The normalized spacial score (nSPS) is 18.8. The molecule has 2 aliphatic heterocycles. The van der Waals surface area contributed by atoms with E-state index in [2.05, 4.69) is 5.10 Å². The maximum Gasteiger partial charge on any atom is 0.310 e. The summed E-state index contributed by atoms with van der Waals surface area (Å²) in [5.74, 6) is 0.307. The third-order valence-corrected chi connectivity index (χ3v) is 5.68. The van der Waals surface area contributed by atoms with Crippen LogP contribution >= 0.6 is 0 Å². The van der Waals surface area contributed by atoms with Gasteiger partial charge in [0.1, 0.15) is 5.82 Å². The first-order valence-corrected chi connectivity index (χ1v) is 10.4. The fraction of sp³-hybridized carbons (Fsp3) is 0.455. The maximum absolute atomic E-state index is 12.9. The van der Waals surface area contributed by atoms with Gasteiger partial charge in [-0.05, 0) is 37.5 Å². The van der Waals surface area contributed by atoms with Gasteiger partial charge in [0, 0.05) is 31.1 Å². The molecule has 1 aromatic heterocycles. The molecule has 0 aliphatic carbocycles. The SMILES string of the molecule is CCOC(=O)[C@@H]1CCCN(C(=O)c2ccc(CN3C(=O)CCn4nccc43)cc2)C1. The van der Waals surface area contributed by atoms with E-state index in [1.54, 1.807) is 35.1 Å². The van der Waals surface area contributed by atoms with Crippen LogP contribution in [-0.4, -0.2) is 52.2 Å². The van der Waals surface area contributed by atoms with Crippen molar-refractivity contribution in [3.63, 3.8) is 0 Å². The highest BCUT2D eigenvalue weighted by atomic mass is 16.5. The van der Waals surface area contributed by atoms with E-state index >= 15 is 0 Å². The second-order valence-electron chi connectivity index (χ2n) is 7.68. The van der Waals surface area contributed by atoms with Crippen LogP contribution in [0.25, 0.3) is 0 Å². The van der Waals surface area contributed by atoms with E-state index in [4.69, 9.17) is 4.74 Å². The molecule has 1 saturated heterocycles. The summed E-state index contributed by atoms with van der Waals surface area (Å²) in [4.78, 5) is 40.8. The summed E-state index contributed by atoms with van der Waals surface area (Å²) in [5, 5.41) is 4.24. The zero-order chi connectivity index (χ0) is 21.1. The lowest BCUT2D eigenvalue weighted by molar-refractivity contribution is -0.149. The average Bonchev–Trinajstić information content (AvgIpc) is 3.25. The number of benzene rings is 1. The van der Waals surface area contributed by atoms with E-state index in [0.717, 1.165) is 24.2 Å². The fourth-order valence-electron chi connectivity index (χ4n) is 4.09. The zero-order valence-electron chi connectivity index (χ0n) is 17.1. The first-order chi connectivity index (χ1) is 14.6. The molecule has 0 radical (unpaired) electrons. The molecule has 1 aromatic carbocycles. The lowest BCUT2D eigenvalue weighted by Crippen LogP contribution is -2.42. The summed E-state index contributed by atoms with van der Waals surface area (Å²) in [6.45, 7) is 4.22. The Balaban J connectivity index is 1.42. The van der Waals surface area contributed by atoms with Gasteiger partial charge in [-0.25, -0.2) is 4.68 Å². The first-order valence-electron chi connectivity index (χ1n) is 10.4. The molecular weight excluding hydrogens is 384 g/mol. The summed E-state index contributed by atoms with van der Waals surface area (Å²) in [5.41, 5.74) is 1.52. The minimum atomic E-state index is -0.253. The number of esters is 1. The van der Waals surface area contributed by atoms with Crippen LogP contribution in [0.2, 0.25) is 0 Å². The number of aryl methyl sites for hydroxylation is 1. The van der Waals surface area contributed by atoms with Gasteiger partial charge in [-0.2, -0.15) is 5.10 Å². The Hall–Kier alpha value is -3.16. The molecule has 0 bridgehead atoms. The van der Waals surface area contributed by atoms with E-state index in [1.807, 2.05) is 22.9 Å². The van der Waals surface area contributed by atoms with Crippen LogP contribution in [0.15, 0.2) is 36.5 Å². The molecule has 1 atom stereocenters. The Labute approximate surface area is 175 Å². The Kier molecular flexibility index (Phi) is 5.83. The number of rotatable bonds is 5. The highest BCUT2D eigenvalue weighted by Crippen LogP contribution is 2.24. The third-order valence-electron chi connectivity index (χ3n) is 5.68. The van der Waals surface area contributed by atoms with Crippen molar-refractivity contribution < 1.29 is 19.1 Å². The van der Waals surface area contributed by atoms with Crippen molar-refractivity contribution in [2.24, 2.45) is 5.92 Å². The van der Waals surface area contributed by atoms with E-state index in [-0.39, 0.29) is 23.7 Å². The van der Waals surface area contributed by atoms with E-state index in [9.17, 15) is 14.4 Å². The summed E-state index contributed by atoms with van der Waals surface area (Å²) < 4.78 is 6.94. The molecule has 4 rings (SSSR count). The number of nitrogens with zero attached hydrogens (tertiary/aromatic N) is 4. The summed E-state index contributed by atoms with van der Waals surface area (Å²) in [7, 11) is 0. The Morgan fingerprint density at radius 1 is 1.17 bits per heavy atom. The van der Waals surface area contributed by atoms with Crippen molar-refractivity contribution in [3.05, 3.63) is 47.7 Å². The number of aromatic nitrogens is 2. The number of anilines is 1. The lowest BCUT2D eigenvalue weighted by atomic mass is 9.97. The van der Waals surface area contributed by atoms with Crippen LogP contribution in [-0.2, 0) is 27.4 Å². The van der Waals surface area contributed by atoms with Crippen LogP contribution in [0.3, 0.4) is 0 Å². The molecule has 0 spiro atoms. The van der Waals surface area contributed by atoms with Crippen LogP contribution in [0, 0.1) is 5.92 Å². The second kappa shape index (κ2) is 8.69. The smallest absolute Gasteiger partial charge is 0.310 e. The molecule has 3 heterocycles. The lowest BCUT2D eigenvalue weighted by Gasteiger charge is -2.31. The molecule has 2 aromatic rings. The maximum atomic E-state index is 12.9. The van der Waals surface area contributed by atoms with Gasteiger partial charge in [-0.15, -0.1) is 0 Å². The minimum absolute atomic E-state index is 0.0708. The van der Waals surface area contributed by atoms with Crippen molar-refractivity contribution in [1.29, 1.82) is 0 Å². The fourth-order valence-corrected chi connectivity index (χ4v) is 4.09. The van der Waals surface area contributed by atoms with E-state index < -0.39 is 0 Å². The zero-order valence-corrected chi connectivity index (χ0v) is 17.1. The topological polar surface area (TPSA) is 84.7 Å². The van der Waals surface area contributed by atoms with Gasteiger partial charge in [-0.3, -0.25) is 19.3 Å². The Morgan fingerprint density at radius 2 is 1.97 bits per heavy atom. The summed E-state index contributed by atoms with van der Waals surface area (Å²) in [6, 6.07) is 9.17. The number of hydrogen-bond donors (Lipinski definition) is 0. The largest absolute Gasteiger partial charge is 0.466 e. The molecule has 1 fully saturated rings. The predicted octanol–water partition coefficient (Wildman–Crippen LogP) is 2.24. The number of fused-ring (bicyclic) bond motifs is 1. The monoisotopic (exact) mass is 410 g/mol. The van der Waals surface area contributed by atoms with Gasteiger partial charge in [-0.1, -0.05) is 12.1 Å². The first kappa shape index (κ1) is 20.1. The molecule has 8 heteroatoms. The molecule has 2 amide bonds.